The molecule has 1 unspecified atom stereocenters. The fourth-order valence-electron chi connectivity index (χ4n) is 3.33. The van der Waals surface area contributed by atoms with Crippen LogP contribution in [-0.4, -0.2) is 41.6 Å². The van der Waals surface area contributed by atoms with E-state index in [0.29, 0.717) is 19.6 Å². The number of rotatable bonds is 9. The topological polar surface area (TPSA) is 51.7 Å². The van der Waals surface area contributed by atoms with Crippen LogP contribution in [0.5, 0.6) is 5.75 Å². The zero-order valence-corrected chi connectivity index (χ0v) is 17.7. The highest BCUT2D eigenvalue weighted by molar-refractivity contribution is 7.09. The summed E-state index contributed by atoms with van der Waals surface area (Å²) in [5, 5.41) is 2.86. The Morgan fingerprint density at radius 1 is 1.32 bits per heavy atom. The van der Waals surface area contributed by atoms with Crippen molar-refractivity contribution in [2.45, 2.75) is 58.7 Å². The van der Waals surface area contributed by atoms with Gasteiger partial charge in [0.25, 0.3) is 0 Å². The zero-order chi connectivity index (χ0) is 19.8. The van der Waals surface area contributed by atoms with Crippen LogP contribution in [0.3, 0.4) is 0 Å². The molecule has 1 aromatic heterocycles. The molecule has 1 fully saturated rings. The SMILES string of the molecule is CCCN(CC1CCCCO1)C(=O)Cc1csc(COc2ccc(C)cc2)n1. The standard InChI is InChI=1S/C22H30N2O3S/c1-3-11-24(14-20-6-4-5-12-26-20)22(25)13-18-16-28-21(23-18)15-27-19-9-7-17(2)8-10-19/h7-10,16,20H,3-6,11-15H2,1-2H3. The van der Waals surface area contributed by atoms with Gasteiger partial charge in [-0.15, -0.1) is 11.3 Å². The number of carbonyl (C=O) groups is 1. The highest BCUT2D eigenvalue weighted by Crippen LogP contribution is 2.18. The van der Waals surface area contributed by atoms with Gasteiger partial charge in [0.1, 0.15) is 17.4 Å². The monoisotopic (exact) mass is 402 g/mol. The smallest absolute Gasteiger partial charge is 0.228 e. The second-order valence-corrected chi connectivity index (χ2v) is 8.28. The average Bonchev–Trinajstić information content (AvgIpc) is 3.15. The van der Waals surface area contributed by atoms with Gasteiger partial charge in [-0.3, -0.25) is 4.79 Å². The Morgan fingerprint density at radius 3 is 2.86 bits per heavy atom. The molecule has 2 aromatic rings. The van der Waals surface area contributed by atoms with E-state index in [9.17, 15) is 4.79 Å². The van der Waals surface area contributed by atoms with Crippen molar-refractivity contribution in [1.82, 2.24) is 9.88 Å². The summed E-state index contributed by atoms with van der Waals surface area (Å²) < 4.78 is 11.6. The van der Waals surface area contributed by atoms with Gasteiger partial charge in [0.2, 0.25) is 5.91 Å². The maximum atomic E-state index is 12.8. The molecule has 1 atom stereocenters. The summed E-state index contributed by atoms with van der Waals surface area (Å²) >= 11 is 1.54. The van der Waals surface area contributed by atoms with E-state index < -0.39 is 0 Å². The highest BCUT2D eigenvalue weighted by Gasteiger charge is 2.21. The molecule has 1 aromatic carbocycles. The molecule has 2 heterocycles. The lowest BCUT2D eigenvalue weighted by molar-refractivity contribution is -0.133. The first-order valence-corrected chi connectivity index (χ1v) is 11.0. The number of ether oxygens (including phenoxy) is 2. The Kier molecular flexibility index (Phi) is 7.86. The lowest BCUT2D eigenvalue weighted by Crippen LogP contribution is -2.41. The van der Waals surface area contributed by atoms with E-state index in [1.165, 1.54) is 12.0 Å². The van der Waals surface area contributed by atoms with E-state index in [1.54, 1.807) is 11.3 Å². The Balaban J connectivity index is 1.51. The van der Waals surface area contributed by atoms with Crippen LogP contribution in [0.15, 0.2) is 29.6 Å². The van der Waals surface area contributed by atoms with Gasteiger partial charge in [-0.05, 0) is 44.7 Å². The van der Waals surface area contributed by atoms with Crippen LogP contribution in [0, 0.1) is 6.92 Å². The number of benzene rings is 1. The first-order valence-electron chi connectivity index (χ1n) is 10.2. The minimum Gasteiger partial charge on any atom is -0.486 e. The van der Waals surface area contributed by atoms with Crippen LogP contribution in [0.1, 0.15) is 48.9 Å². The van der Waals surface area contributed by atoms with Crippen molar-refractivity contribution < 1.29 is 14.3 Å². The molecule has 0 radical (unpaired) electrons. The van der Waals surface area contributed by atoms with Gasteiger partial charge in [0.15, 0.2) is 0 Å². The molecule has 5 nitrogen and oxygen atoms in total. The fraction of sp³-hybridized carbons (Fsp3) is 0.545. The molecular formula is C22H30N2O3S. The largest absolute Gasteiger partial charge is 0.486 e. The molecule has 1 amide bonds. The maximum absolute atomic E-state index is 12.8. The number of amides is 1. The van der Waals surface area contributed by atoms with Gasteiger partial charge in [-0.25, -0.2) is 4.98 Å². The lowest BCUT2D eigenvalue weighted by Gasteiger charge is -2.29. The van der Waals surface area contributed by atoms with Gasteiger partial charge >= 0.3 is 0 Å². The minimum absolute atomic E-state index is 0.132. The number of nitrogens with zero attached hydrogens (tertiary/aromatic N) is 2. The number of aryl methyl sites for hydroxylation is 1. The highest BCUT2D eigenvalue weighted by atomic mass is 32.1. The summed E-state index contributed by atoms with van der Waals surface area (Å²) in [6.07, 6.45) is 4.83. The van der Waals surface area contributed by atoms with E-state index >= 15 is 0 Å². The maximum Gasteiger partial charge on any atom is 0.228 e. The van der Waals surface area contributed by atoms with Gasteiger partial charge in [-0.2, -0.15) is 0 Å². The predicted molar refractivity (Wildman–Crippen MR) is 112 cm³/mol. The van der Waals surface area contributed by atoms with Gasteiger partial charge < -0.3 is 14.4 Å². The molecule has 0 N–H and O–H groups in total. The quantitative estimate of drug-likeness (QED) is 0.625. The van der Waals surface area contributed by atoms with Gasteiger partial charge in [0.05, 0.1) is 18.2 Å². The zero-order valence-electron chi connectivity index (χ0n) is 16.9. The molecule has 0 spiro atoms. The van der Waals surface area contributed by atoms with Crippen molar-refractivity contribution in [1.29, 1.82) is 0 Å². The Hall–Kier alpha value is -1.92. The number of aromatic nitrogens is 1. The Morgan fingerprint density at radius 2 is 2.14 bits per heavy atom. The average molecular weight is 403 g/mol. The fourth-order valence-corrected chi connectivity index (χ4v) is 4.03. The van der Waals surface area contributed by atoms with Crippen LogP contribution in [0.4, 0.5) is 0 Å². The van der Waals surface area contributed by atoms with Crippen LogP contribution in [0.2, 0.25) is 0 Å². The van der Waals surface area contributed by atoms with E-state index in [2.05, 4.69) is 18.8 Å². The van der Waals surface area contributed by atoms with Gasteiger partial charge in [-0.1, -0.05) is 24.6 Å². The molecule has 1 saturated heterocycles. The normalized spacial score (nSPS) is 16.7. The summed E-state index contributed by atoms with van der Waals surface area (Å²) in [5.74, 6) is 0.965. The van der Waals surface area contributed by atoms with Crippen molar-refractivity contribution in [2.75, 3.05) is 19.7 Å². The first-order chi connectivity index (χ1) is 13.6. The summed E-state index contributed by atoms with van der Waals surface area (Å²) in [6.45, 7) is 6.86. The number of hydrogen-bond donors (Lipinski definition) is 0. The Labute approximate surface area is 171 Å². The van der Waals surface area contributed by atoms with Crippen molar-refractivity contribution in [3.05, 3.63) is 45.9 Å². The second-order valence-electron chi connectivity index (χ2n) is 7.34. The molecule has 0 aliphatic carbocycles. The lowest BCUT2D eigenvalue weighted by atomic mass is 10.1. The Bertz CT molecular complexity index is 738. The minimum atomic E-state index is 0.132. The van der Waals surface area contributed by atoms with Crippen molar-refractivity contribution in [3.63, 3.8) is 0 Å². The summed E-state index contributed by atoms with van der Waals surface area (Å²) in [5.41, 5.74) is 2.03. The third-order valence-corrected chi connectivity index (χ3v) is 5.73. The van der Waals surface area contributed by atoms with E-state index in [-0.39, 0.29) is 12.0 Å². The van der Waals surface area contributed by atoms with Crippen LogP contribution in [0.25, 0.3) is 0 Å². The van der Waals surface area contributed by atoms with Crippen LogP contribution in [-0.2, 0) is 22.6 Å². The number of carbonyl (C=O) groups excluding carboxylic acids is 1. The molecule has 6 heteroatoms. The molecule has 152 valence electrons. The van der Waals surface area contributed by atoms with E-state index in [4.69, 9.17) is 9.47 Å². The van der Waals surface area contributed by atoms with E-state index in [1.807, 2.05) is 34.5 Å². The first kappa shape index (κ1) is 20.8. The summed E-state index contributed by atoms with van der Waals surface area (Å²) in [4.78, 5) is 19.3. The molecule has 28 heavy (non-hydrogen) atoms. The predicted octanol–water partition coefficient (Wildman–Crippen LogP) is 4.38. The third kappa shape index (κ3) is 6.31. The van der Waals surface area contributed by atoms with Crippen LogP contribution >= 0.6 is 11.3 Å². The molecular weight excluding hydrogens is 372 g/mol. The number of hydrogen-bond acceptors (Lipinski definition) is 5. The second kappa shape index (κ2) is 10.6. The molecule has 0 bridgehead atoms. The van der Waals surface area contributed by atoms with Crippen molar-refractivity contribution in [2.24, 2.45) is 0 Å². The third-order valence-electron chi connectivity index (χ3n) is 4.86. The van der Waals surface area contributed by atoms with Gasteiger partial charge in [0, 0.05) is 25.1 Å². The molecule has 1 aliphatic rings. The summed E-state index contributed by atoms with van der Waals surface area (Å²) in [7, 11) is 0. The van der Waals surface area contributed by atoms with Crippen molar-refractivity contribution in [3.8, 4) is 5.75 Å². The molecule has 0 saturated carbocycles. The summed E-state index contributed by atoms with van der Waals surface area (Å²) in [6, 6.07) is 7.98. The molecule has 1 aliphatic heterocycles. The van der Waals surface area contributed by atoms with Crippen LogP contribution < -0.4 is 4.74 Å². The number of thiazole rings is 1. The van der Waals surface area contributed by atoms with Crippen molar-refractivity contribution >= 4 is 17.2 Å². The molecule has 3 rings (SSSR count). The van der Waals surface area contributed by atoms with E-state index in [0.717, 1.165) is 48.9 Å².